The van der Waals surface area contributed by atoms with E-state index in [-0.39, 0.29) is 28.3 Å². The molecule has 0 amide bonds. The van der Waals surface area contributed by atoms with Crippen LogP contribution in [0.2, 0.25) is 0 Å². The van der Waals surface area contributed by atoms with Crippen LogP contribution in [-0.4, -0.2) is 14.0 Å². The molecule has 0 aromatic carbocycles. The van der Waals surface area contributed by atoms with Gasteiger partial charge < -0.3 is 4.65 Å². The van der Waals surface area contributed by atoms with E-state index in [2.05, 4.69) is 11.6 Å². The van der Waals surface area contributed by atoms with E-state index in [0.29, 0.717) is 6.42 Å². The van der Waals surface area contributed by atoms with Crippen molar-refractivity contribution in [1.82, 2.24) is 0 Å². The second-order valence-electron chi connectivity index (χ2n) is 6.28. The Morgan fingerprint density at radius 3 is 1.32 bits per heavy atom. The summed E-state index contributed by atoms with van der Waals surface area (Å²) >= 11 is 0. The van der Waals surface area contributed by atoms with Crippen molar-refractivity contribution in [1.29, 1.82) is 0 Å². The predicted molar refractivity (Wildman–Crippen MR) is 94.2 cm³/mol. The summed E-state index contributed by atoms with van der Waals surface area (Å²) in [6, 6.07) is 0. The molecule has 0 bridgehead atoms. The number of carbonyl (C=O) groups excluding carboxylic acids is 1. The quantitative estimate of drug-likeness (QED) is 0.257. The molecule has 0 aromatic heterocycles. The number of hydrogen-bond acceptors (Lipinski definition) is 2. The zero-order chi connectivity index (χ0) is 15.6. The molecular formula is C18H37AgBO2. The van der Waals surface area contributed by atoms with Crippen LogP contribution < -0.4 is 0 Å². The third-order valence-electron chi connectivity index (χ3n) is 4.21. The fourth-order valence-corrected chi connectivity index (χ4v) is 2.74. The Labute approximate surface area is 155 Å². The molecule has 4 heteroatoms. The van der Waals surface area contributed by atoms with Crippen LogP contribution in [-0.2, 0) is 31.8 Å². The summed E-state index contributed by atoms with van der Waals surface area (Å²) in [4.78, 5) is 10.9. The summed E-state index contributed by atoms with van der Waals surface area (Å²) in [5, 5.41) is 0. The largest absolute Gasteiger partial charge is 0.543 e. The van der Waals surface area contributed by atoms with E-state index in [9.17, 15) is 4.79 Å². The summed E-state index contributed by atoms with van der Waals surface area (Å²) in [7, 11) is 1.47. The van der Waals surface area contributed by atoms with E-state index in [1.54, 1.807) is 0 Å². The third kappa shape index (κ3) is 20.3. The van der Waals surface area contributed by atoms with Crippen molar-refractivity contribution in [3.63, 3.8) is 0 Å². The van der Waals surface area contributed by atoms with E-state index in [4.69, 9.17) is 0 Å². The Kier molecular flexibility index (Phi) is 23.7. The Bertz CT molecular complexity index is 225. The van der Waals surface area contributed by atoms with Crippen molar-refractivity contribution in [3.8, 4) is 0 Å². The molecule has 0 rings (SSSR count). The Balaban J connectivity index is 0. The van der Waals surface area contributed by atoms with Crippen molar-refractivity contribution in [3.05, 3.63) is 0 Å². The van der Waals surface area contributed by atoms with Gasteiger partial charge in [-0.25, -0.2) is 0 Å². The Morgan fingerprint density at radius 2 is 1.00 bits per heavy atom. The molecule has 0 unspecified atom stereocenters. The van der Waals surface area contributed by atoms with Gasteiger partial charge in [0, 0.05) is 28.8 Å². The summed E-state index contributed by atoms with van der Waals surface area (Å²) in [5.74, 6) is -0.0651. The van der Waals surface area contributed by atoms with E-state index < -0.39 is 0 Å². The van der Waals surface area contributed by atoms with Gasteiger partial charge in [0.2, 0.25) is 0 Å². The fourth-order valence-electron chi connectivity index (χ4n) is 2.74. The van der Waals surface area contributed by atoms with Crippen molar-refractivity contribution >= 4 is 14.0 Å². The van der Waals surface area contributed by atoms with Gasteiger partial charge in [0.1, 0.15) is 0 Å². The first-order chi connectivity index (χ1) is 10.3. The van der Waals surface area contributed by atoms with Crippen LogP contribution in [0.15, 0.2) is 0 Å². The summed E-state index contributed by atoms with van der Waals surface area (Å²) in [5.41, 5.74) is 0. The second kappa shape index (κ2) is 21.3. The van der Waals surface area contributed by atoms with Crippen LogP contribution in [0.5, 0.6) is 0 Å². The molecular weight excluding hydrogens is 367 g/mol. The van der Waals surface area contributed by atoms with Gasteiger partial charge >= 0.3 is 8.05 Å². The minimum Gasteiger partial charge on any atom is -0.543 e. The monoisotopic (exact) mass is 403 g/mol. The van der Waals surface area contributed by atoms with Gasteiger partial charge in [-0.05, 0) is 6.42 Å². The Morgan fingerprint density at radius 1 is 0.682 bits per heavy atom. The number of rotatable bonds is 16. The number of unbranched alkanes of at least 4 members (excludes halogenated alkanes) is 14. The molecule has 0 fully saturated rings. The topological polar surface area (TPSA) is 26.3 Å². The standard InChI is InChI=1S/C18H37BO2.Ag/c1-2-3-4-5-6-7-8-9-10-11-12-13-14-15-16-17-18(20)21-19;/h2-17,19H2,1H3;. The summed E-state index contributed by atoms with van der Waals surface area (Å²) in [6.07, 6.45) is 20.9. The zero-order valence-corrected chi connectivity index (χ0v) is 16.4. The molecule has 0 aliphatic rings. The normalized spacial score (nSPS) is 10.2. The molecule has 0 saturated heterocycles. The van der Waals surface area contributed by atoms with Crippen molar-refractivity contribution in [2.24, 2.45) is 0 Å². The van der Waals surface area contributed by atoms with Gasteiger partial charge in [-0.2, -0.15) is 0 Å². The number of hydrogen-bond donors (Lipinski definition) is 0. The van der Waals surface area contributed by atoms with Gasteiger partial charge in [-0.15, -0.1) is 0 Å². The minimum absolute atomic E-state index is 0. The van der Waals surface area contributed by atoms with E-state index in [1.807, 2.05) is 0 Å². The molecule has 0 aromatic rings. The van der Waals surface area contributed by atoms with Crippen LogP contribution in [0.1, 0.15) is 110 Å². The minimum atomic E-state index is -0.0651. The second-order valence-corrected chi connectivity index (χ2v) is 6.28. The van der Waals surface area contributed by atoms with Gasteiger partial charge in [-0.3, -0.25) is 4.79 Å². The molecule has 0 heterocycles. The molecule has 0 saturated carbocycles. The van der Waals surface area contributed by atoms with Gasteiger partial charge in [0.15, 0.2) is 0 Å². The molecule has 2 nitrogen and oxygen atoms in total. The third-order valence-corrected chi connectivity index (χ3v) is 4.21. The maximum atomic E-state index is 10.9. The maximum absolute atomic E-state index is 10.9. The SMILES string of the molecule is BOC(=O)CCCCCCCCCCCCCCCCC.[Ag]. The van der Waals surface area contributed by atoms with E-state index >= 15 is 0 Å². The first-order valence-corrected chi connectivity index (χ1v) is 9.38. The average Bonchev–Trinajstić information content (AvgIpc) is 2.50. The Hall–Kier alpha value is 0.275. The first kappa shape index (κ1) is 24.5. The molecule has 0 atom stereocenters. The van der Waals surface area contributed by atoms with Crippen LogP contribution in [0.4, 0.5) is 0 Å². The van der Waals surface area contributed by atoms with Crippen LogP contribution in [0, 0.1) is 0 Å². The zero-order valence-electron chi connectivity index (χ0n) is 14.9. The number of carbonyl (C=O) groups is 1. The van der Waals surface area contributed by atoms with Gasteiger partial charge in [0.05, 0.1) is 0 Å². The van der Waals surface area contributed by atoms with E-state index in [1.165, 1.54) is 97.9 Å². The summed E-state index contributed by atoms with van der Waals surface area (Å²) < 4.78 is 4.63. The molecule has 0 aliphatic heterocycles. The van der Waals surface area contributed by atoms with Gasteiger partial charge in [-0.1, -0.05) is 96.8 Å². The first-order valence-electron chi connectivity index (χ1n) is 9.38. The molecule has 135 valence electrons. The van der Waals surface area contributed by atoms with E-state index in [0.717, 1.165) is 6.42 Å². The van der Waals surface area contributed by atoms with Crippen LogP contribution in [0.3, 0.4) is 0 Å². The molecule has 0 spiro atoms. The molecule has 22 heavy (non-hydrogen) atoms. The molecule has 1 radical (unpaired) electrons. The van der Waals surface area contributed by atoms with Crippen molar-refractivity contribution in [2.45, 2.75) is 110 Å². The van der Waals surface area contributed by atoms with Gasteiger partial charge in [0.25, 0.3) is 5.97 Å². The smallest absolute Gasteiger partial charge is 0.325 e. The van der Waals surface area contributed by atoms with Crippen molar-refractivity contribution in [2.75, 3.05) is 0 Å². The fraction of sp³-hybridized carbons (Fsp3) is 0.944. The molecule has 0 N–H and O–H groups in total. The van der Waals surface area contributed by atoms with Crippen LogP contribution in [0.25, 0.3) is 0 Å². The average molecular weight is 404 g/mol. The van der Waals surface area contributed by atoms with Crippen LogP contribution >= 0.6 is 0 Å². The summed E-state index contributed by atoms with van der Waals surface area (Å²) in [6.45, 7) is 2.28. The molecule has 0 aliphatic carbocycles. The van der Waals surface area contributed by atoms with Crippen molar-refractivity contribution < 1.29 is 31.8 Å². The maximum Gasteiger partial charge on any atom is 0.325 e. The predicted octanol–water partition coefficient (Wildman–Crippen LogP) is 5.34.